The minimum atomic E-state index is -0.556. The van der Waals surface area contributed by atoms with Crippen molar-refractivity contribution in [1.29, 1.82) is 0 Å². The molecule has 3 aromatic carbocycles. The molecular weight excluding hydrogens is 408 g/mol. The van der Waals surface area contributed by atoms with Gasteiger partial charge in [-0.15, -0.1) is 0 Å². The summed E-state index contributed by atoms with van der Waals surface area (Å²) in [6, 6.07) is 22.5. The number of ether oxygens (including phenoxy) is 4. The fourth-order valence-corrected chi connectivity index (χ4v) is 2.74. The molecule has 32 heavy (non-hydrogen) atoms. The van der Waals surface area contributed by atoms with Gasteiger partial charge >= 0.3 is 11.9 Å². The molecule has 0 spiro atoms. The van der Waals surface area contributed by atoms with Crippen LogP contribution in [-0.4, -0.2) is 31.8 Å². The average Bonchev–Trinajstić information content (AvgIpc) is 2.81. The lowest BCUT2D eigenvalue weighted by Crippen LogP contribution is -2.14. The molecule has 0 aliphatic carbocycles. The topological polar surface area (TPSA) is 71.1 Å². The summed E-state index contributed by atoms with van der Waals surface area (Å²) in [7, 11) is 0. The first kappa shape index (κ1) is 22.9. The Labute approximate surface area is 187 Å². The third kappa shape index (κ3) is 6.87. The molecule has 3 aromatic rings. The van der Waals surface area contributed by atoms with Gasteiger partial charge in [-0.2, -0.15) is 0 Å². The van der Waals surface area contributed by atoms with E-state index < -0.39 is 11.9 Å². The van der Waals surface area contributed by atoms with Gasteiger partial charge in [-0.1, -0.05) is 44.2 Å². The quantitative estimate of drug-likeness (QED) is 0.249. The third-order valence-electron chi connectivity index (χ3n) is 4.31. The van der Waals surface area contributed by atoms with E-state index in [0.29, 0.717) is 35.8 Å². The maximum atomic E-state index is 12.7. The number of benzene rings is 3. The number of esters is 2. The zero-order chi connectivity index (χ0) is 22.8. The van der Waals surface area contributed by atoms with Crippen LogP contribution in [0.1, 0.15) is 34.6 Å². The highest BCUT2D eigenvalue weighted by Crippen LogP contribution is 2.21. The van der Waals surface area contributed by atoms with Gasteiger partial charge in [0.1, 0.15) is 36.0 Å². The van der Waals surface area contributed by atoms with Crippen molar-refractivity contribution in [2.24, 2.45) is 5.92 Å². The monoisotopic (exact) mass is 434 g/mol. The van der Waals surface area contributed by atoms with E-state index in [4.69, 9.17) is 18.9 Å². The van der Waals surface area contributed by atoms with Gasteiger partial charge in [0, 0.05) is 0 Å². The molecule has 6 nitrogen and oxygen atoms in total. The molecule has 166 valence electrons. The first-order valence-corrected chi connectivity index (χ1v) is 10.4. The predicted octanol–water partition coefficient (Wildman–Crippen LogP) is 5.18. The largest absolute Gasteiger partial charge is 0.490 e. The smallest absolute Gasteiger partial charge is 0.347 e. The van der Waals surface area contributed by atoms with E-state index in [1.165, 1.54) is 0 Å². The first-order chi connectivity index (χ1) is 15.5. The molecule has 0 amide bonds. The predicted molar refractivity (Wildman–Crippen MR) is 120 cm³/mol. The van der Waals surface area contributed by atoms with Crippen molar-refractivity contribution in [3.05, 3.63) is 90.0 Å². The molecule has 0 aromatic heterocycles. The van der Waals surface area contributed by atoms with Crippen molar-refractivity contribution in [1.82, 2.24) is 0 Å². The van der Waals surface area contributed by atoms with Crippen LogP contribution < -0.4 is 14.2 Å². The van der Waals surface area contributed by atoms with Crippen LogP contribution in [0.15, 0.2) is 78.9 Å². The van der Waals surface area contributed by atoms with E-state index in [-0.39, 0.29) is 12.5 Å². The van der Waals surface area contributed by atoms with Gasteiger partial charge in [0.15, 0.2) is 0 Å². The highest BCUT2D eigenvalue weighted by atomic mass is 16.5. The molecule has 0 unspecified atom stereocenters. The van der Waals surface area contributed by atoms with E-state index in [9.17, 15) is 9.59 Å². The van der Waals surface area contributed by atoms with Crippen LogP contribution in [0.25, 0.3) is 0 Å². The van der Waals surface area contributed by atoms with Crippen LogP contribution in [0.5, 0.6) is 17.2 Å². The van der Waals surface area contributed by atoms with Crippen molar-refractivity contribution in [2.75, 3.05) is 19.8 Å². The lowest BCUT2D eigenvalue weighted by molar-refractivity contribution is 0.0459. The minimum absolute atomic E-state index is 0.256. The molecule has 6 heteroatoms. The zero-order valence-electron chi connectivity index (χ0n) is 18.2. The lowest BCUT2D eigenvalue weighted by atomic mass is 10.2. The average molecular weight is 434 g/mol. The van der Waals surface area contributed by atoms with Crippen LogP contribution in [0.3, 0.4) is 0 Å². The van der Waals surface area contributed by atoms with Crippen molar-refractivity contribution in [3.8, 4) is 17.2 Å². The fourth-order valence-electron chi connectivity index (χ4n) is 2.74. The Kier molecular flexibility index (Phi) is 8.26. The normalized spacial score (nSPS) is 10.5. The van der Waals surface area contributed by atoms with Gasteiger partial charge in [-0.25, -0.2) is 9.59 Å². The lowest BCUT2D eigenvalue weighted by Gasteiger charge is -2.12. The summed E-state index contributed by atoms with van der Waals surface area (Å²) in [5.41, 5.74) is 0.695. The molecule has 0 atom stereocenters. The molecule has 0 saturated heterocycles. The maximum Gasteiger partial charge on any atom is 0.347 e. The number of rotatable bonds is 10. The summed E-state index contributed by atoms with van der Waals surface area (Å²) in [6.45, 7) is 4.89. The first-order valence-electron chi connectivity index (χ1n) is 10.4. The fraction of sp³-hybridized carbons (Fsp3) is 0.231. The number of carbonyl (C=O) groups excluding carboxylic acids is 2. The maximum absolute atomic E-state index is 12.7. The molecule has 0 fully saturated rings. The highest BCUT2D eigenvalue weighted by Gasteiger charge is 2.15. The second-order valence-electron chi connectivity index (χ2n) is 7.41. The molecular formula is C26H26O6. The van der Waals surface area contributed by atoms with Gasteiger partial charge < -0.3 is 18.9 Å². The van der Waals surface area contributed by atoms with E-state index in [1.807, 2.05) is 44.2 Å². The molecule has 0 heterocycles. The number of para-hydroxylation sites is 2. The molecule has 0 saturated carbocycles. The van der Waals surface area contributed by atoms with Crippen molar-refractivity contribution in [3.63, 3.8) is 0 Å². The van der Waals surface area contributed by atoms with Crippen LogP contribution in [0.2, 0.25) is 0 Å². The summed E-state index contributed by atoms with van der Waals surface area (Å²) in [4.78, 5) is 24.7. The van der Waals surface area contributed by atoms with Gasteiger partial charge in [-0.3, -0.25) is 0 Å². The highest BCUT2D eigenvalue weighted by molar-refractivity contribution is 5.94. The van der Waals surface area contributed by atoms with Crippen LogP contribution in [0, 0.1) is 5.92 Å². The van der Waals surface area contributed by atoms with E-state index >= 15 is 0 Å². The minimum Gasteiger partial charge on any atom is -0.490 e. The second kappa shape index (κ2) is 11.6. The number of carbonyl (C=O) groups is 2. The molecule has 0 radical (unpaired) electrons. The molecule has 0 aliphatic rings. The summed E-state index contributed by atoms with van der Waals surface area (Å²) >= 11 is 0. The zero-order valence-corrected chi connectivity index (χ0v) is 18.2. The van der Waals surface area contributed by atoms with Crippen molar-refractivity contribution >= 4 is 11.9 Å². The van der Waals surface area contributed by atoms with E-state index in [2.05, 4.69) is 0 Å². The Balaban J connectivity index is 1.55. The molecule has 0 aliphatic heterocycles. The van der Waals surface area contributed by atoms with E-state index in [1.54, 1.807) is 48.5 Å². The summed E-state index contributed by atoms with van der Waals surface area (Å²) in [5, 5.41) is 0. The molecule has 3 rings (SSSR count). The Morgan fingerprint density at radius 3 is 2.09 bits per heavy atom. The summed E-state index contributed by atoms with van der Waals surface area (Å²) < 4.78 is 22.0. The van der Waals surface area contributed by atoms with Gasteiger partial charge in [-0.05, 0) is 54.4 Å². The summed E-state index contributed by atoms with van der Waals surface area (Å²) in [6.07, 6.45) is 0. The van der Waals surface area contributed by atoms with Crippen LogP contribution >= 0.6 is 0 Å². The van der Waals surface area contributed by atoms with Gasteiger partial charge in [0.25, 0.3) is 0 Å². The SMILES string of the molecule is CC(C)COC(=O)c1ccc(OC(=O)c2ccccc2OCCOc2ccccc2)cc1. The molecule has 0 bridgehead atoms. The van der Waals surface area contributed by atoms with E-state index in [0.717, 1.165) is 5.75 Å². The number of hydrogen-bond donors (Lipinski definition) is 0. The Hall–Kier alpha value is -3.80. The molecule has 0 N–H and O–H groups in total. The summed E-state index contributed by atoms with van der Waals surface area (Å²) in [5.74, 6) is 0.764. The van der Waals surface area contributed by atoms with Crippen LogP contribution in [0.4, 0.5) is 0 Å². The third-order valence-corrected chi connectivity index (χ3v) is 4.31. The van der Waals surface area contributed by atoms with Crippen molar-refractivity contribution < 1.29 is 28.5 Å². The van der Waals surface area contributed by atoms with Gasteiger partial charge in [0.2, 0.25) is 0 Å². The Morgan fingerprint density at radius 1 is 0.719 bits per heavy atom. The Bertz CT molecular complexity index is 1010. The van der Waals surface area contributed by atoms with Gasteiger partial charge in [0.05, 0.1) is 12.2 Å². The Morgan fingerprint density at radius 2 is 1.38 bits per heavy atom. The second-order valence-corrected chi connectivity index (χ2v) is 7.41. The van der Waals surface area contributed by atoms with Crippen molar-refractivity contribution in [2.45, 2.75) is 13.8 Å². The number of hydrogen-bond acceptors (Lipinski definition) is 6. The van der Waals surface area contributed by atoms with Crippen LogP contribution in [-0.2, 0) is 4.74 Å². The standard InChI is InChI=1S/C26H26O6/c1-19(2)18-31-25(27)20-12-14-22(15-13-20)32-26(28)23-10-6-7-11-24(23)30-17-16-29-21-8-4-3-5-9-21/h3-15,19H,16-18H2,1-2H3.